The number of hydrogen-bond acceptors (Lipinski definition) is 2. The van der Waals surface area contributed by atoms with Gasteiger partial charge >= 0.3 is 6.09 Å². The summed E-state index contributed by atoms with van der Waals surface area (Å²) in [5.74, 6) is 0. The van der Waals surface area contributed by atoms with Crippen LogP contribution in [0, 0.1) is 0 Å². The molecule has 0 saturated carbocycles. The van der Waals surface area contributed by atoms with Gasteiger partial charge in [-0.2, -0.15) is 0 Å². The van der Waals surface area contributed by atoms with Gasteiger partial charge < -0.3 is 10.1 Å². The van der Waals surface area contributed by atoms with Crippen LogP contribution in [0.5, 0.6) is 0 Å². The third-order valence-electron chi connectivity index (χ3n) is 0.664. The molecule has 0 fully saturated rings. The maximum Gasteiger partial charge on any atom is 0.407 e. The van der Waals surface area contributed by atoms with Crippen molar-refractivity contribution in [2.45, 2.75) is 40.7 Å². The Kier molecular flexibility index (Phi) is 10.9. The van der Waals surface area contributed by atoms with Crippen molar-refractivity contribution in [1.82, 2.24) is 5.32 Å². The Morgan fingerprint density at radius 2 is 1.91 bits per heavy atom. The van der Waals surface area contributed by atoms with Gasteiger partial charge in [0.25, 0.3) is 0 Å². The fraction of sp³-hybridized carbons (Fsp3) is 0.875. The fourth-order valence-electron chi connectivity index (χ4n) is 0.400. The molecule has 0 aromatic heterocycles. The van der Waals surface area contributed by atoms with Gasteiger partial charge in [0.15, 0.2) is 0 Å². The molecular formula is C8H19NO2. The normalized spacial score (nSPS) is 8.18. The van der Waals surface area contributed by atoms with Gasteiger partial charge in [-0.25, -0.2) is 4.79 Å². The number of alkyl carbamates (subject to hydrolysis) is 1. The summed E-state index contributed by atoms with van der Waals surface area (Å²) in [5.41, 5.74) is 0. The second-order valence-corrected chi connectivity index (χ2v) is 1.98. The molecule has 1 amide bonds. The smallest absolute Gasteiger partial charge is 0.407 e. The van der Waals surface area contributed by atoms with Gasteiger partial charge in [-0.1, -0.05) is 13.8 Å². The maximum absolute atomic E-state index is 10.5. The molecule has 0 bridgehead atoms. The summed E-state index contributed by atoms with van der Waals surface area (Å²) in [4.78, 5) is 10.5. The van der Waals surface area contributed by atoms with Crippen LogP contribution in [-0.4, -0.2) is 18.7 Å². The monoisotopic (exact) mass is 161 g/mol. The van der Waals surface area contributed by atoms with E-state index in [-0.39, 0.29) is 12.2 Å². The van der Waals surface area contributed by atoms with Gasteiger partial charge in [-0.15, -0.1) is 0 Å². The predicted octanol–water partition coefficient (Wildman–Crippen LogP) is 2.17. The van der Waals surface area contributed by atoms with Crippen LogP contribution < -0.4 is 5.32 Å². The van der Waals surface area contributed by atoms with E-state index in [1.807, 2.05) is 34.6 Å². The van der Waals surface area contributed by atoms with Crippen molar-refractivity contribution in [1.29, 1.82) is 0 Å². The molecule has 0 heterocycles. The standard InChI is InChI=1S/C6H13NO2.C2H6/c1-4-7-6(8)9-5(2)3;1-2/h5H,4H2,1-3H3,(H,7,8);1-2H3. The van der Waals surface area contributed by atoms with E-state index in [1.54, 1.807) is 0 Å². The topological polar surface area (TPSA) is 38.3 Å². The number of nitrogens with one attached hydrogen (secondary N) is 1. The summed E-state index contributed by atoms with van der Waals surface area (Å²) in [6, 6.07) is 0. The molecule has 0 radical (unpaired) electrons. The molecule has 0 unspecified atom stereocenters. The first kappa shape index (κ1) is 12.9. The second kappa shape index (κ2) is 9.27. The third kappa shape index (κ3) is 12.5. The predicted molar refractivity (Wildman–Crippen MR) is 46.6 cm³/mol. The van der Waals surface area contributed by atoms with Crippen molar-refractivity contribution in [2.75, 3.05) is 6.54 Å². The highest BCUT2D eigenvalue weighted by Gasteiger charge is 2.00. The van der Waals surface area contributed by atoms with Crippen molar-refractivity contribution in [3.8, 4) is 0 Å². The summed E-state index contributed by atoms with van der Waals surface area (Å²) in [6.45, 7) is 10.1. The van der Waals surface area contributed by atoms with E-state index in [2.05, 4.69) is 5.32 Å². The summed E-state index contributed by atoms with van der Waals surface area (Å²) in [6.07, 6.45) is -0.371. The van der Waals surface area contributed by atoms with Gasteiger partial charge in [0.05, 0.1) is 6.10 Å². The van der Waals surface area contributed by atoms with Crippen LogP contribution in [0.15, 0.2) is 0 Å². The Hall–Kier alpha value is -0.730. The van der Waals surface area contributed by atoms with Crippen molar-refractivity contribution in [3.63, 3.8) is 0 Å². The molecule has 68 valence electrons. The number of hydrogen-bond donors (Lipinski definition) is 1. The lowest BCUT2D eigenvalue weighted by Crippen LogP contribution is -2.26. The van der Waals surface area contributed by atoms with Gasteiger partial charge in [-0.3, -0.25) is 0 Å². The van der Waals surface area contributed by atoms with E-state index in [0.717, 1.165) is 0 Å². The molecule has 3 nitrogen and oxygen atoms in total. The molecule has 0 spiro atoms. The minimum atomic E-state index is -0.340. The zero-order valence-corrected chi connectivity index (χ0v) is 8.10. The lowest BCUT2D eigenvalue weighted by molar-refractivity contribution is 0.116. The molecule has 0 aliphatic carbocycles. The summed E-state index contributed by atoms with van der Waals surface area (Å²) < 4.78 is 4.74. The van der Waals surface area contributed by atoms with Crippen molar-refractivity contribution in [3.05, 3.63) is 0 Å². The van der Waals surface area contributed by atoms with Crippen LogP contribution in [-0.2, 0) is 4.74 Å². The van der Waals surface area contributed by atoms with Crippen LogP contribution in [0.2, 0.25) is 0 Å². The van der Waals surface area contributed by atoms with Crippen molar-refractivity contribution >= 4 is 6.09 Å². The zero-order chi connectivity index (χ0) is 9.28. The molecule has 11 heavy (non-hydrogen) atoms. The minimum Gasteiger partial charge on any atom is -0.447 e. The summed E-state index contributed by atoms with van der Waals surface area (Å²) in [5, 5.41) is 2.52. The first-order valence-corrected chi connectivity index (χ1v) is 4.11. The number of carbonyl (C=O) groups excluding carboxylic acids is 1. The second-order valence-electron chi connectivity index (χ2n) is 1.98. The minimum absolute atomic E-state index is 0.0310. The molecular weight excluding hydrogens is 142 g/mol. The summed E-state index contributed by atoms with van der Waals surface area (Å²) in [7, 11) is 0. The van der Waals surface area contributed by atoms with Crippen LogP contribution >= 0.6 is 0 Å². The van der Waals surface area contributed by atoms with Crippen LogP contribution in [0.25, 0.3) is 0 Å². The lowest BCUT2D eigenvalue weighted by Gasteiger charge is -2.06. The first-order valence-electron chi connectivity index (χ1n) is 4.11. The lowest BCUT2D eigenvalue weighted by atomic mass is 10.5. The third-order valence-corrected chi connectivity index (χ3v) is 0.664. The maximum atomic E-state index is 10.5. The van der Waals surface area contributed by atoms with Crippen molar-refractivity contribution in [2.24, 2.45) is 0 Å². The fourth-order valence-corrected chi connectivity index (χ4v) is 0.400. The van der Waals surface area contributed by atoms with Gasteiger partial charge in [-0.05, 0) is 20.8 Å². The molecule has 0 aromatic rings. The SMILES string of the molecule is CC.CCNC(=O)OC(C)C. The molecule has 0 aliphatic heterocycles. The van der Waals surface area contributed by atoms with E-state index in [0.29, 0.717) is 6.54 Å². The Morgan fingerprint density at radius 1 is 1.45 bits per heavy atom. The first-order chi connectivity index (χ1) is 5.16. The number of carbonyl (C=O) groups is 1. The largest absolute Gasteiger partial charge is 0.447 e. The average molecular weight is 161 g/mol. The highest BCUT2D eigenvalue weighted by Crippen LogP contribution is 1.86. The van der Waals surface area contributed by atoms with Crippen LogP contribution in [0.3, 0.4) is 0 Å². The molecule has 0 saturated heterocycles. The highest BCUT2D eigenvalue weighted by atomic mass is 16.6. The quantitative estimate of drug-likeness (QED) is 0.674. The Labute approximate surface area is 69.1 Å². The van der Waals surface area contributed by atoms with E-state index in [1.165, 1.54) is 0 Å². The number of ether oxygens (including phenoxy) is 1. The molecule has 0 rings (SSSR count). The molecule has 0 atom stereocenters. The Morgan fingerprint density at radius 3 is 2.18 bits per heavy atom. The van der Waals surface area contributed by atoms with E-state index >= 15 is 0 Å². The molecule has 0 aliphatic rings. The number of amides is 1. The Bertz CT molecular complexity index is 92.1. The number of rotatable bonds is 2. The van der Waals surface area contributed by atoms with E-state index < -0.39 is 0 Å². The van der Waals surface area contributed by atoms with E-state index in [4.69, 9.17) is 4.74 Å². The van der Waals surface area contributed by atoms with Crippen LogP contribution in [0.4, 0.5) is 4.79 Å². The van der Waals surface area contributed by atoms with Gasteiger partial charge in [0.2, 0.25) is 0 Å². The molecule has 3 heteroatoms. The average Bonchev–Trinajstić information content (AvgIpc) is 1.91. The molecule has 1 N–H and O–H groups in total. The summed E-state index contributed by atoms with van der Waals surface area (Å²) >= 11 is 0. The van der Waals surface area contributed by atoms with Gasteiger partial charge in [0, 0.05) is 6.54 Å². The Balaban J connectivity index is 0. The van der Waals surface area contributed by atoms with Gasteiger partial charge in [0.1, 0.15) is 0 Å². The molecule has 0 aromatic carbocycles. The zero-order valence-electron chi connectivity index (χ0n) is 8.10. The van der Waals surface area contributed by atoms with E-state index in [9.17, 15) is 4.79 Å². The van der Waals surface area contributed by atoms with Crippen LogP contribution in [0.1, 0.15) is 34.6 Å². The van der Waals surface area contributed by atoms with Crippen molar-refractivity contribution < 1.29 is 9.53 Å². The highest BCUT2D eigenvalue weighted by molar-refractivity contribution is 5.67.